The molecule has 6 N–H and O–H groups in total. The highest BCUT2D eigenvalue weighted by Crippen LogP contribution is 2.12. The molecule has 11 nitrogen and oxygen atoms in total. The summed E-state index contributed by atoms with van der Waals surface area (Å²) in [4.78, 5) is 48.7. The van der Waals surface area contributed by atoms with E-state index < -0.39 is 29.9 Å². The van der Waals surface area contributed by atoms with Gasteiger partial charge in [-0.3, -0.25) is 9.59 Å². The molecule has 0 bridgehead atoms. The Hall–Kier alpha value is -3.34. The summed E-state index contributed by atoms with van der Waals surface area (Å²) in [5.74, 6) is -3.73. The van der Waals surface area contributed by atoms with Crippen molar-refractivity contribution < 1.29 is 34.5 Å². The number of urea groups is 1. The second kappa shape index (κ2) is 11.2. The summed E-state index contributed by atoms with van der Waals surface area (Å²) >= 11 is 0. The molecule has 1 saturated heterocycles. The average molecular weight is 436 g/mol. The first-order chi connectivity index (χ1) is 14.7. The topological polar surface area (TPSA) is 168 Å². The monoisotopic (exact) mass is 436 g/mol. The summed E-state index contributed by atoms with van der Waals surface area (Å²) in [7, 11) is 1.35. The molecule has 1 aliphatic heterocycles. The number of carbonyl (C=O) groups excluding carboxylic acids is 2. The molecule has 0 radical (unpaired) electrons. The number of phenols is 1. The number of carbonyl (C=O) groups is 4. The highest BCUT2D eigenvalue weighted by atomic mass is 16.4. The van der Waals surface area contributed by atoms with Crippen molar-refractivity contribution in [3.05, 3.63) is 29.8 Å². The molecule has 1 aliphatic rings. The van der Waals surface area contributed by atoms with E-state index in [1.165, 1.54) is 19.2 Å². The zero-order valence-electron chi connectivity index (χ0n) is 17.2. The minimum Gasteiger partial charge on any atom is -0.508 e. The van der Waals surface area contributed by atoms with Crippen LogP contribution in [0.2, 0.25) is 0 Å². The second-order valence-corrected chi connectivity index (χ2v) is 7.52. The quantitative estimate of drug-likeness (QED) is 0.288. The number of carboxylic acids is 2. The molecular weight excluding hydrogens is 408 g/mol. The standard InChI is InChI=1S/C20H28N4O7/c1-24(11-13(18(27)28)10-22-17(26)15-3-2-8-21-15)20(31)23-16(19(29)30)9-12-4-6-14(25)7-5-12/h4-7,13,15-16,21,25H,2-3,8-11H2,1H3,(H,22,26)(H,23,31)(H,27,28)(H,29,30)/t13-,15+,16+/m1/s1. The van der Waals surface area contributed by atoms with Crippen molar-refractivity contribution in [3.8, 4) is 5.75 Å². The molecular formula is C20H28N4O7. The summed E-state index contributed by atoms with van der Waals surface area (Å²) in [5, 5.41) is 36.1. The van der Waals surface area contributed by atoms with Crippen molar-refractivity contribution in [2.24, 2.45) is 5.92 Å². The molecule has 0 saturated carbocycles. The third-order valence-corrected chi connectivity index (χ3v) is 5.06. The normalized spacial score (nSPS) is 17.4. The summed E-state index contributed by atoms with van der Waals surface area (Å²) in [6, 6.07) is 3.58. The van der Waals surface area contributed by atoms with Crippen LogP contribution in [0.25, 0.3) is 0 Å². The summed E-state index contributed by atoms with van der Waals surface area (Å²) < 4.78 is 0. The zero-order valence-corrected chi connectivity index (χ0v) is 17.2. The first kappa shape index (κ1) is 23.9. The van der Waals surface area contributed by atoms with Crippen LogP contribution in [-0.4, -0.2) is 82.9 Å². The molecule has 1 heterocycles. The van der Waals surface area contributed by atoms with E-state index in [2.05, 4.69) is 16.0 Å². The van der Waals surface area contributed by atoms with E-state index in [4.69, 9.17) is 0 Å². The Morgan fingerprint density at radius 3 is 2.39 bits per heavy atom. The van der Waals surface area contributed by atoms with Gasteiger partial charge in [0.1, 0.15) is 11.8 Å². The first-order valence-corrected chi connectivity index (χ1v) is 9.93. The van der Waals surface area contributed by atoms with Crippen LogP contribution in [0.1, 0.15) is 18.4 Å². The number of rotatable bonds is 10. The lowest BCUT2D eigenvalue weighted by Crippen LogP contribution is -2.50. The molecule has 1 aromatic rings. The number of phenolic OH excluding ortho intramolecular Hbond substituents is 1. The van der Waals surface area contributed by atoms with Crippen molar-refractivity contribution in [1.29, 1.82) is 0 Å². The Morgan fingerprint density at radius 2 is 1.84 bits per heavy atom. The van der Waals surface area contributed by atoms with Crippen molar-refractivity contribution >= 4 is 23.9 Å². The van der Waals surface area contributed by atoms with Gasteiger partial charge in [-0.15, -0.1) is 0 Å². The number of nitrogens with one attached hydrogen (secondary N) is 3. The third-order valence-electron chi connectivity index (χ3n) is 5.06. The van der Waals surface area contributed by atoms with E-state index in [1.807, 2.05) is 0 Å². The van der Waals surface area contributed by atoms with Gasteiger partial charge in [0.2, 0.25) is 5.91 Å². The molecule has 3 amide bonds. The van der Waals surface area contributed by atoms with Crippen molar-refractivity contribution in [3.63, 3.8) is 0 Å². The van der Waals surface area contributed by atoms with Gasteiger partial charge in [-0.05, 0) is 37.1 Å². The van der Waals surface area contributed by atoms with E-state index in [1.54, 1.807) is 12.1 Å². The van der Waals surface area contributed by atoms with Crippen LogP contribution in [-0.2, 0) is 20.8 Å². The Balaban J connectivity index is 1.90. The van der Waals surface area contributed by atoms with Gasteiger partial charge in [0, 0.05) is 26.6 Å². The highest BCUT2D eigenvalue weighted by molar-refractivity contribution is 5.84. The van der Waals surface area contributed by atoms with Crippen LogP contribution in [0.4, 0.5) is 4.79 Å². The number of hydrogen-bond acceptors (Lipinski definition) is 6. The van der Waals surface area contributed by atoms with E-state index in [9.17, 15) is 34.5 Å². The van der Waals surface area contributed by atoms with Crippen LogP contribution < -0.4 is 16.0 Å². The van der Waals surface area contributed by atoms with E-state index in [-0.39, 0.29) is 37.2 Å². The second-order valence-electron chi connectivity index (χ2n) is 7.52. The van der Waals surface area contributed by atoms with Gasteiger partial charge >= 0.3 is 18.0 Å². The van der Waals surface area contributed by atoms with Crippen molar-refractivity contribution in [2.45, 2.75) is 31.3 Å². The minimum atomic E-state index is -1.25. The van der Waals surface area contributed by atoms with Crippen LogP contribution in [0.5, 0.6) is 5.75 Å². The maximum atomic E-state index is 12.4. The number of carboxylic acid groups (broad SMARTS) is 2. The highest BCUT2D eigenvalue weighted by Gasteiger charge is 2.28. The lowest BCUT2D eigenvalue weighted by atomic mass is 10.1. The zero-order chi connectivity index (χ0) is 23.0. The van der Waals surface area contributed by atoms with E-state index in [0.29, 0.717) is 12.0 Å². The Bertz CT molecular complexity index is 793. The maximum Gasteiger partial charge on any atom is 0.326 e. The molecule has 31 heavy (non-hydrogen) atoms. The Morgan fingerprint density at radius 1 is 1.16 bits per heavy atom. The van der Waals surface area contributed by atoms with Crippen LogP contribution in [0, 0.1) is 5.92 Å². The average Bonchev–Trinajstić information content (AvgIpc) is 3.26. The smallest absolute Gasteiger partial charge is 0.326 e. The number of benzene rings is 1. The Kier molecular flexibility index (Phi) is 8.62. The largest absolute Gasteiger partial charge is 0.508 e. The van der Waals surface area contributed by atoms with Gasteiger partial charge in [-0.2, -0.15) is 0 Å². The SMILES string of the molecule is CN(C[C@@H](CNC(=O)[C@@H]1CCCN1)C(=O)O)C(=O)N[C@@H](Cc1ccc(O)cc1)C(=O)O. The van der Waals surface area contributed by atoms with Crippen LogP contribution in [0.3, 0.4) is 0 Å². The van der Waals surface area contributed by atoms with Crippen molar-refractivity contribution in [2.75, 3.05) is 26.7 Å². The van der Waals surface area contributed by atoms with E-state index >= 15 is 0 Å². The fourth-order valence-electron chi connectivity index (χ4n) is 3.23. The van der Waals surface area contributed by atoms with Gasteiger partial charge < -0.3 is 36.2 Å². The third kappa shape index (κ3) is 7.45. The number of amides is 3. The summed E-state index contributed by atoms with van der Waals surface area (Å²) in [5.41, 5.74) is 0.597. The number of aromatic hydroxyl groups is 1. The molecule has 1 fully saturated rings. The van der Waals surface area contributed by atoms with Gasteiger partial charge in [0.15, 0.2) is 0 Å². The number of nitrogens with zero attached hydrogens (tertiary/aromatic N) is 1. The molecule has 0 unspecified atom stereocenters. The molecule has 2 rings (SSSR count). The minimum absolute atomic E-state index is 0.0119. The summed E-state index contributed by atoms with van der Waals surface area (Å²) in [6.07, 6.45) is 1.55. The molecule has 3 atom stereocenters. The lowest BCUT2D eigenvalue weighted by Gasteiger charge is -2.24. The van der Waals surface area contributed by atoms with Crippen molar-refractivity contribution in [1.82, 2.24) is 20.9 Å². The van der Waals surface area contributed by atoms with Crippen LogP contribution in [0.15, 0.2) is 24.3 Å². The predicted molar refractivity (Wildman–Crippen MR) is 110 cm³/mol. The van der Waals surface area contributed by atoms with Gasteiger partial charge in [0.25, 0.3) is 0 Å². The molecule has 11 heteroatoms. The molecule has 0 aromatic heterocycles. The first-order valence-electron chi connectivity index (χ1n) is 9.93. The predicted octanol–water partition coefficient (Wildman–Crippen LogP) is -0.402. The Labute approximate surface area is 179 Å². The molecule has 170 valence electrons. The fourth-order valence-corrected chi connectivity index (χ4v) is 3.23. The van der Waals surface area contributed by atoms with Gasteiger partial charge in [0.05, 0.1) is 12.0 Å². The molecule has 0 aliphatic carbocycles. The maximum absolute atomic E-state index is 12.4. The fraction of sp³-hybridized carbons (Fsp3) is 0.500. The number of hydrogen-bond donors (Lipinski definition) is 6. The lowest BCUT2D eigenvalue weighted by molar-refractivity contribution is -0.142. The van der Waals surface area contributed by atoms with Gasteiger partial charge in [-0.1, -0.05) is 12.1 Å². The van der Waals surface area contributed by atoms with E-state index in [0.717, 1.165) is 17.9 Å². The molecule has 1 aromatic carbocycles. The summed E-state index contributed by atoms with van der Waals surface area (Å²) in [6.45, 7) is 0.364. The number of aliphatic carboxylic acids is 2. The molecule has 0 spiro atoms. The van der Waals surface area contributed by atoms with Crippen LogP contribution >= 0.6 is 0 Å². The van der Waals surface area contributed by atoms with Gasteiger partial charge in [-0.25, -0.2) is 9.59 Å².